The van der Waals surface area contributed by atoms with Gasteiger partial charge in [-0.2, -0.15) is 0 Å². The number of hydrogen-bond acceptors (Lipinski definition) is 2. The summed E-state index contributed by atoms with van der Waals surface area (Å²) in [4.78, 5) is 25.2. The summed E-state index contributed by atoms with van der Waals surface area (Å²) in [5, 5.41) is 3.13. The third-order valence-electron chi connectivity index (χ3n) is 2.78. The molecule has 1 fully saturated rings. The van der Waals surface area contributed by atoms with E-state index in [4.69, 9.17) is 11.6 Å². The first-order valence-corrected chi connectivity index (χ1v) is 6.72. The Labute approximate surface area is 118 Å². The predicted molar refractivity (Wildman–Crippen MR) is 73.7 cm³/mol. The van der Waals surface area contributed by atoms with Crippen molar-refractivity contribution in [3.05, 3.63) is 27.7 Å². The third-order valence-corrected chi connectivity index (χ3v) is 3.59. The van der Waals surface area contributed by atoms with E-state index in [0.717, 1.165) is 4.47 Å². The molecule has 1 aromatic rings. The molecule has 2 amide bonds. The molecule has 0 bridgehead atoms. The molecule has 1 saturated heterocycles. The van der Waals surface area contributed by atoms with Crippen molar-refractivity contribution in [2.75, 3.05) is 11.4 Å². The minimum absolute atomic E-state index is 0.121. The van der Waals surface area contributed by atoms with Crippen LogP contribution < -0.4 is 10.2 Å². The molecule has 1 aliphatic rings. The van der Waals surface area contributed by atoms with Gasteiger partial charge in [-0.3, -0.25) is 9.59 Å². The molecule has 0 aromatic heterocycles. The molecule has 0 saturated carbocycles. The molecular formula is C12H12BrClN2O2. The van der Waals surface area contributed by atoms with Crippen LogP contribution in [-0.2, 0) is 9.59 Å². The van der Waals surface area contributed by atoms with Crippen LogP contribution in [0.3, 0.4) is 0 Å². The van der Waals surface area contributed by atoms with Gasteiger partial charge in [-0.05, 0) is 25.1 Å². The zero-order chi connectivity index (χ0) is 13.3. The zero-order valence-corrected chi connectivity index (χ0v) is 12.1. The average Bonchev–Trinajstić information content (AvgIpc) is 2.44. The quantitative estimate of drug-likeness (QED) is 0.859. The number of nitrogens with one attached hydrogen (secondary N) is 1. The van der Waals surface area contributed by atoms with Gasteiger partial charge in [0.1, 0.15) is 6.04 Å². The third kappa shape index (κ3) is 2.67. The second kappa shape index (κ2) is 5.28. The Morgan fingerprint density at radius 1 is 1.44 bits per heavy atom. The second-order valence-corrected chi connectivity index (χ2v) is 5.45. The number of hydrogen-bond donors (Lipinski definition) is 1. The van der Waals surface area contributed by atoms with Crippen molar-refractivity contribution in [1.29, 1.82) is 0 Å². The fourth-order valence-electron chi connectivity index (χ4n) is 1.86. The predicted octanol–water partition coefficient (Wildman–Crippen LogP) is 2.34. The maximum absolute atomic E-state index is 12.2. The number of halogens is 2. The first-order valence-electron chi connectivity index (χ1n) is 5.55. The number of amides is 2. The topological polar surface area (TPSA) is 49.4 Å². The molecule has 4 nitrogen and oxygen atoms in total. The summed E-state index contributed by atoms with van der Waals surface area (Å²) in [5.41, 5.74) is 0.624. The van der Waals surface area contributed by atoms with Crippen LogP contribution in [0, 0.1) is 0 Å². The lowest BCUT2D eigenvalue weighted by molar-refractivity contribution is -0.125. The van der Waals surface area contributed by atoms with Gasteiger partial charge in [-0.1, -0.05) is 27.5 Å². The van der Waals surface area contributed by atoms with Crippen LogP contribution >= 0.6 is 27.5 Å². The van der Waals surface area contributed by atoms with E-state index in [-0.39, 0.29) is 18.2 Å². The Balaban J connectivity index is 2.38. The lowest BCUT2D eigenvalue weighted by Crippen LogP contribution is -2.42. The monoisotopic (exact) mass is 330 g/mol. The van der Waals surface area contributed by atoms with E-state index in [1.54, 1.807) is 30.0 Å². The molecule has 1 aliphatic heterocycles. The smallest absolute Gasteiger partial charge is 0.249 e. The largest absolute Gasteiger partial charge is 0.345 e. The van der Waals surface area contributed by atoms with E-state index in [2.05, 4.69) is 21.2 Å². The van der Waals surface area contributed by atoms with Crippen molar-refractivity contribution in [2.45, 2.75) is 19.4 Å². The molecule has 1 aromatic carbocycles. The van der Waals surface area contributed by atoms with E-state index in [1.807, 2.05) is 0 Å². The molecule has 0 aliphatic carbocycles. The first-order chi connectivity index (χ1) is 8.49. The number of anilines is 1. The molecule has 6 heteroatoms. The van der Waals surface area contributed by atoms with Crippen LogP contribution in [-0.4, -0.2) is 24.4 Å². The molecule has 1 N–H and O–H groups in total. The molecule has 0 radical (unpaired) electrons. The number of carbonyl (C=O) groups is 2. The Kier molecular flexibility index (Phi) is 3.92. The van der Waals surface area contributed by atoms with Crippen molar-refractivity contribution < 1.29 is 9.59 Å². The van der Waals surface area contributed by atoms with Gasteiger partial charge >= 0.3 is 0 Å². The Morgan fingerprint density at radius 2 is 2.17 bits per heavy atom. The van der Waals surface area contributed by atoms with E-state index in [9.17, 15) is 9.59 Å². The number of rotatable bonds is 1. The molecule has 2 rings (SSSR count). The fraction of sp³-hybridized carbons (Fsp3) is 0.333. The lowest BCUT2D eigenvalue weighted by atomic mass is 10.2. The Morgan fingerprint density at radius 3 is 2.89 bits per heavy atom. The molecule has 18 heavy (non-hydrogen) atoms. The summed E-state index contributed by atoms with van der Waals surface area (Å²) in [6.45, 7) is 2.01. The first kappa shape index (κ1) is 13.4. The second-order valence-electron chi connectivity index (χ2n) is 4.12. The van der Waals surface area contributed by atoms with Gasteiger partial charge in [0.05, 0.1) is 10.7 Å². The summed E-state index contributed by atoms with van der Waals surface area (Å²) in [5.74, 6) is -0.273. The van der Waals surface area contributed by atoms with Gasteiger partial charge in [-0.25, -0.2) is 0 Å². The van der Waals surface area contributed by atoms with Crippen LogP contribution in [0.2, 0.25) is 5.02 Å². The summed E-state index contributed by atoms with van der Waals surface area (Å²) in [6, 6.07) is 4.78. The normalized spacial score (nSPS) is 20.6. The fourth-order valence-corrected chi connectivity index (χ4v) is 2.43. The summed E-state index contributed by atoms with van der Waals surface area (Å²) < 4.78 is 0.839. The highest BCUT2D eigenvalue weighted by molar-refractivity contribution is 9.10. The highest BCUT2D eigenvalue weighted by Gasteiger charge is 2.28. The van der Waals surface area contributed by atoms with Gasteiger partial charge in [-0.15, -0.1) is 0 Å². The van der Waals surface area contributed by atoms with Crippen LogP contribution in [0.5, 0.6) is 0 Å². The summed E-state index contributed by atoms with van der Waals surface area (Å²) in [6.07, 6.45) is 0.277. The molecule has 0 spiro atoms. The molecule has 1 atom stereocenters. The van der Waals surface area contributed by atoms with E-state index < -0.39 is 6.04 Å². The van der Waals surface area contributed by atoms with Gasteiger partial charge in [0.25, 0.3) is 0 Å². The van der Waals surface area contributed by atoms with Crippen molar-refractivity contribution in [3.8, 4) is 0 Å². The van der Waals surface area contributed by atoms with E-state index in [0.29, 0.717) is 17.3 Å². The van der Waals surface area contributed by atoms with Gasteiger partial charge in [0.2, 0.25) is 11.8 Å². The highest BCUT2D eigenvalue weighted by atomic mass is 79.9. The summed E-state index contributed by atoms with van der Waals surface area (Å²) >= 11 is 9.46. The minimum Gasteiger partial charge on any atom is -0.345 e. The summed E-state index contributed by atoms with van der Waals surface area (Å²) in [7, 11) is 0. The highest BCUT2D eigenvalue weighted by Crippen LogP contribution is 2.30. The SMILES string of the molecule is CC1NC(=O)CCN(c2cc(Br)ccc2Cl)C1=O. The van der Waals surface area contributed by atoms with Crippen LogP contribution in [0.1, 0.15) is 13.3 Å². The Bertz CT molecular complexity index is 507. The number of nitrogens with zero attached hydrogens (tertiary/aromatic N) is 1. The van der Waals surface area contributed by atoms with Crippen molar-refractivity contribution >= 4 is 45.0 Å². The van der Waals surface area contributed by atoms with E-state index in [1.165, 1.54) is 0 Å². The number of carbonyl (C=O) groups excluding carboxylic acids is 2. The standard InChI is InChI=1S/C12H12BrClN2O2/c1-7-12(18)16(5-4-11(17)15-7)10-6-8(13)2-3-9(10)14/h2-3,6-7H,4-5H2,1H3,(H,15,17). The van der Waals surface area contributed by atoms with E-state index >= 15 is 0 Å². The zero-order valence-electron chi connectivity index (χ0n) is 9.74. The average molecular weight is 332 g/mol. The van der Waals surface area contributed by atoms with Crippen molar-refractivity contribution in [3.63, 3.8) is 0 Å². The molecule has 1 heterocycles. The van der Waals surface area contributed by atoms with Gasteiger partial charge in [0.15, 0.2) is 0 Å². The molecular weight excluding hydrogens is 320 g/mol. The van der Waals surface area contributed by atoms with Crippen LogP contribution in [0.4, 0.5) is 5.69 Å². The van der Waals surface area contributed by atoms with Crippen molar-refractivity contribution in [1.82, 2.24) is 5.32 Å². The lowest BCUT2D eigenvalue weighted by Gasteiger charge is -2.23. The maximum atomic E-state index is 12.2. The van der Waals surface area contributed by atoms with Gasteiger partial charge < -0.3 is 10.2 Å². The number of benzene rings is 1. The molecule has 96 valence electrons. The van der Waals surface area contributed by atoms with Gasteiger partial charge in [0, 0.05) is 17.4 Å². The van der Waals surface area contributed by atoms with Crippen molar-refractivity contribution in [2.24, 2.45) is 0 Å². The Hall–Kier alpha value is -1.07. The van der Waals surface area contributed by atoms with Crippen LogP contribution in [0.25, 0.3) is 0 Å². The molecule has 1 unspecified atom stereocenters. The minimum atomic E-state index is -0.532. The maximum Gasteiger partial charge on any atom is 0.249 e. The van der Waals surface area contributed by atoms with Crippen LogP contribution in [0.15, 0.2) is 22.7 Å².